The van der Waals surface area contributed by atoms with Gasteiger partial charge in [-0.05, 0) is 24.7 Å². The number of rotatable bonds is 5. The Hall–Kier alpha value is -1.30. The zero-order chi connectivity index (χ0) is 11.8. The summed E-state index contributed by atoms with van der Waals surface area (Å²) in [6.07, 6.45) is 4.71. The highest BCUT2D eigenvalue weighted by Gasteiger charge is 1.93. The van der Waals surface area contributed by atoms with Crippen LogP contribution in [0.3, 0.4) is 0 Å². The summed E-state index contributed by atoms with van der Waals surface area (Å²) in [5.74, 6) is 0. The molecule has 0 fully saturated rings. The summed E-state index contributed by atoms with van der Waals surface area (Å²) in [5, 5.41) is 9.19. The van der Waals surface area contributed by atoms with Crippen molar-refractivity contribution in [1.29, 1.82) is 5.26 Å². The monoisotopic (exact) mass is 234 g/mol. The van der Waals surface area contributed by atoms with E-state index in [1.54, 1.807) is 0 Å². The lowest BCUT2D eigenvalue weighted by Crippen LogP contribution is -2.18. The van der Waals surface area contributed by atoms with Gasteiger partial charge < -0.3 is 4.90 Å². The Balaban J connectivity index is 2.37. The van der Waals surface area contributed by atoms with Crippen LogP contribution in [0.4, 0.5) is 0 Å². The van der Waals surface area contributed by atoms with Crippen LogP contribution < -0.4 is 0 Å². The molecule has 0 unspecified atom stereocenters. The topological polar surface area (TPSA) is 27.0 Å². The maximum atomic E-state index is 8.44. The van der Waals surface area contributed by atoms with Gasteiger partial charge in [-0.15, -0.1) is 0 Å². The molecule has 0 spiro atoms. The fourth-order valence-electron chi connectivity index (χ4n) is 1.27. The minimum atomic E-state index is 0.575. The first-order valence-corrected chi connectivity index (χ1v) is 5.58. The molecule has 0 N–H and O–H groups in total. The summed E-state index contributed by atoms with van der Waals surface area (Å²) >= 11 is 5.79. The normalized spacial score (nSPS) is 10.9. The highest BCUT2D eigenvalue weighted by atomic mass is 35.5. The van der Waals surface area contributed by atoms with Crippen molar-refractivity contribution < 1.29 is 0 Å². The van der Waals surface area contributed by atoms with E-state index in [-0.39, 0.29) is 0 Å². The molecule has 0 amide bonds. The standard InChI is InChI=1S/C13H15ClN2/c1-16(11-3-9-15)10-2-4-12-5-7-13(14)8-6-12/h2,4-8H,3,10-11H2,1H3/b4-2+. The summed E-state index contributed by atoms with van der Waals surface area (Å²) in [6, 6.07) is 9.84. The summed E-state index contributed by atoms with van der Waals surface area (Å²) in [4.78, 5) is 2.11. The first kappa shape index (κ1) is 12.8. The molecular formula is C13H15ClN2. The molecule has 0 aromatic heterocycles. The largest absolute Gasteiger partial charge is 0.302 e. The lowest BCUT2D eigenvalue weighted by molar-refractivity contribution is 0.380. The van der Waals surface area contributed by atoms with Gasteiger partial charge in [0.15, 0.2) is 0 Å². The van der Waals surface area contributed by atoms with Gasteiger partial charge in [0.1, 0.15) is 0 Å². The summed E-state index contributed by atoms with van der Waals surface area (Å²) in [7, 11) is 2.00. The first-order chi connectivity index (χ1) is 7.72. The van der Waals surface area contributed by atoms with Crippen LogP contribution in [-0.4, -0.2) is 25.0 Å². The van der Waals surface area contributed by atoms with Gasteiger partial charge in [-0.25, -0.2) is 0 Å². The lowest BCUT2D eigenvalue weighted by Gasteiger charge is -2.10. The molecular weight excluding hydrogens is 220 g/mol. The maximum absolute atomic E-state index is 8.44. The van der Waals surface area contributed by atoms with E-state index in [2.05, 4.69) is 23.1 Å². The van der Waals surface area contributed by atoms with Gasteiger partial charge in [0.25, 0.3) is 0 Å². The third-order valence-corrected chi connectivity index (χ3v) is 2.45. The number of nitrogens with zero attached hydrogens (tertiary/aromatic N) is 2. The smallest absolute Gasteiger partial charge is 0.0635 e. The molecule has 3 heteroatoms. The zero-order valence-corrected chi connectivity index (χ0v) is 10.1. The SMILES string of the molecule is CN(C/C=C/c1ccc(Cl)cc1)CCC#N. The van der Waals surface area contributed by atoms with Crippen LogP contribution in [0.2, 0.25) is 5.02 Å². The van der Waals surface area contributed by atoms with E-state index < -0.39 is 0 Å². The molecule has 0 atom stereocenters. The van der Waals surface area contributed by atoms with Gasteiger partial charge in [0.2, 0.25) is 0 Å². The molecule has 0 bridgehead atoms. The van der Waals surface area contributed by atoms with Crippen molar-refractivity contribution in [2.75, 3.05) is 20.1 Å². The van der Waals surface area contributed by atoms with Gasteiger partial charge in [0.05, 0.1) is 6.07 Å². The van der Waals surface area contributed by atoms with Crippen molar-refractivity contribution in [3.8, 4) is 6.07 Å². The van der Waals surface area contributed by atoms with Gasteiger partial charge in [-0.2, -0.15) is 5.26 Å². The number of hydrogen-bond acceptors (Lipinski definition) is 2. The Labute approximate surface area is 102 Å². The summed E-state index contributed by atoms with van der Waals surface area (Å²) in [6.45, 7) is 1.66. The van der Waals surface area contributed by atoms with Gasteiger partial charge in [-0.3, -0.25) is 0 Å². The van der Waals surface area contributed by atoms with Crippen molar-refractivity contribution in [1.82, 2.24) is 4.90 Å². The van der Waals surface area contributed by atoms with Crippen molar-refractivity contribution >= 4 is 17.7 Å². The minimum Gasteiger partial charge on any atom is -0.302 e. The number of halogens is 1. The van der Waals surface area contributed by atoms with Crippen LogP contribution in [0.15, 0.2) is 30.3 Å². The van der Waals surface area contributed by atoms with Crippen LogP contribution in [0.5, 0.6) is 0 Å². The van der Waals surface area contributed by atoms with Crippen LogP contribution in [0.25, 0.3) is 6.08 Å². The van der Waals surface area contributed by atoms with Gasteiger partial charge in [-0.1, -0.05) is 35.9 Å². The molecule has 1 aromatic carbocycles. The van der Waals surface area contributed by atoms with Crippen LogP contribution in [0.1, 0.15) is 12.0 Å². The van der Waals surface area contributed by atoms with Crippen LogP contribution >= 0.6 is 11.6 Å². The molecule has 0 aliphatic rings. The van der Waals surface area contributed by atoms with E-state index >= 15 is 0 Å². The second kappa shape index (κ2) is 7.05. The highest BCUT2D eigenvalue weighted by molar-refractivity contribution is 6.30. The van der Waals surface area contributed by atoms with Crippen molar-refractivity contribution in [3.63, 3.8) is 0 Å². The Morgan fingerprint density at radius 2 is 2.06 bits per heavy atom. The Bertz CT molecular complexity index is 376. The van der Waals surface area contributed by atoms with Gasteiger partial charge >= 0.3 is 0 Å². The molecule has 2 nitrogen and oxygen atoms in total. The van der Waals surface area contributed by atoms with Crippen molar-refractivity contribution in [2.45, 2.75) is 6.42 Å². The van der Waals surface area contributed by atoms with E-state index in [4.69, 9.17) is 16.9 Å². The number of likely N-dealkylation sites (N-methyl/N-ethyl adjacent to an activating group) is 1. The van der Waals surface area contributed by atoms with E-state index in [1.807, 2.05) is 31.3 Å². The molecule has 1 aromatic rings. The molecule has 0 aliphatic carbocycles. The predicted molar refractivity (Wildman–Crippen MR) is 68.2 cm³/mol. The lowest BCUT2D eigenvalue weighted by atomic mass is 10.2. The van der Waals surface area contributed by atoms with Crippen molar-refractivity contribution in [2.24, 2.45) is 0 Å². The molecule has 16 heavy (non-hydrogen) atoms. The average Bonchev–Trinajstić information content (AvgIpc) is 2.29. The third kappa shape index (κ3) is 4.97. The molecule has 0 saturated carbocycles. The van der Waals surface area contributed by atoms with Gasteiger partial charge in [0, 0.05) is 24.5 Å². The van der Waals surface area contributed by atoms with E-state index in [0.29, 0.717) is 6.42 Å². The first-order valence-electron chi connectivity index (χ1n) is 5.20. The van der Waals surface area contributed by atoms with E-state index in [9.17, 15) is 0 Å². The molecule has 0 aliphatic heterocycles. The molecule has 84 valence electrons. The van der Waals surface area contributed by atoms with Crippen LogP contribution in [-0.2, 0) is 0 Å². The van der Waals surface area contributed by atoms with Crippen LogP contribution in [0, 0.1) is 11.3 Å². The summed E-state index contributed by atoms with van der Waals surface area (Å²) < 4.78 is 0. The fraction of sp³-hybridized carbons (Fsp3) is 0.308. The fourth-order valence-corrected chi connectivity index (χ4v) is 1.40. The maximum Gasteiger partial charge on any atom is 0.0635 e. The molecule has 1 rings (SSSR count). The Kier molecular flexibility index (Phi) is 5.63. The molecule has 0 saturated heterocycles. The zero-order valence-electron chi connectivity index (χ0n) is 9.36. The second-order valence-electron chi connectivity index (χ2n) is 3.62. The number of hydrogen-bond donors (Lipinski definition) is 0. The Morgan fingerprint density at radius 1 is 1.38 bits per heavy atom. The van der Waals surface area contributed by atoms with Crippen molar-refractivity contribution in [3.05, 3.63) is 40.9 Å². The molecule has 0 heterocycles. The van der Waals surface area contributed by atoms with E-state index in [0.717, 1.165) is 23.7 Å². The number of nitriles is 1. The number of benzene rings is 1. The quantitative estimate of drug-likeness (QED) is 0.782. The van der Waals surface area contributed by atoms with E-state index in [1.165, 1.54) is 0 Å². The molecule has 0 radical (unpaired) electrons. The minimum absolute atomic E-state index is 0.575. The second-order valence-corrected chi connectivity index (χ2v) is 4.06. The summed E-state index contributed by atoms with van der Waals surface area (Å²) in [5.41, 5.74) is 1.14. The average molecular weight is 235 g/mol. The third-order valence-electron chi connectivity index (χ3n) is 2.20. The predicted octanol–water partition coefficient (Wildman–Crippen LogP) is 3.20. The highest BCUT2D eigenvalue weighted by Crippen LogP contribution is 2.10. The Morgan fingerprint density at radius 3 is 2.69 bits per heavy atom.